The van der Waals surface area contributed by atoms with Gasteiger partial charge >= 0.3 is 0 Å². The molecule has 164 valence electrons. The van der Waals surface area contributed by atoms with Gasteiger partial charge in [-0.2, -0.15) is 0 Å². The molecule has 2 fully saturated rings. The number of carbonyl (C=O) groups excluding carboxylic acids is 1. The van der Waals surface area contributed by atoms with E-state index in [1.165, 1.54) is 5.56 Å². The van der Waals surface area contributed by atoms with Gasteiger partial charge < -0.3 is 4.90 Å². The summed E-state index contributed by atoms with van der Waals surface area (Å²) in [7, 11) is 1.86. The van der Waals surface area contributed by atoms with Crippen molar-refractivity contribution in [2.24, 2.45) is 16.8 Å². The third-order valence-corrected chi connectivity index (χ3v) is 6.92. The molecule has 0 atom stereocenters. The average molecular weight is 439 g/mol. The number of aromatic nitrogens is 1. The van der Waals surface area contributed by atoms with Crippen molar-refractivity contribution in [3.8, 4) is 0 Å². The van der Waals surface area contributed by atoms with Crippen molar-refractivity contribution in [2.75, 3.05) is 33.2 Å². The van der Waals surface area contributed by atoms with Crippen molar-refractivity contribution in [1.29, 1.82) is 0 Å². The second-order valence-electron chi connectivity index (χ2n) is 8.62. The summed E-state index contributed by atoms with van der Waals surface area (Å²) in [6.07, 6.45) is 7.55. The molecule has 0 saturated carbocycles. The van der Waals surface area contributed by atoms with Gasteiger partial charge in [0.05, 0.1) is 0 Å². The van der Waals surface area contributed by atoms with Crippen molar-refractivity contribution in [1.82, 2.24) is 14.8 Å². The molecule has 0 unspecified atom stereocenters. The smallest absolute Gasteiger partial charge is 0.225 e. The number of hydrogen-bond donors (Lipinski definition) is 0. The number of rotatable bonds is 5. The molecular weight excluding hydrogens is 408 g/mol. The molecule has 4 rings (SSSR count). The topological polar surface area (TPSA) is 48.8 Å². The predicted octanol–water partition coefficient (Wildman–Crippen LogP) is 4.30. The quantitative estimate of drug-likeness (QED) is 0.654. The average Bonchev–Trinajstić information content (AvgIpc) is 2.82. The lowest BCUT2D eigenvalue weighted by Gasteiger charge is -2.37. The minimum absolute atomic E-state index is 0.167. The highest BCUT2D eigenvalue weighted by molar-refractivity contribution is 6.30. The van der Waals surface area contributed by atoms with E-state index in [2.05, 4.69) is 31.9 Å². The number of benzene rings is 1. The van der Waals surface area contributed by atoms with Crippen molar-refractivity contribution < 1.29 is 4.79 Å². The SMILES string of the molecule is C/N=C(\c1ccc(Cl)cc1)C1CCN(C(=O)C2CCN(Cc3ccncc3)CC2)CC1. The van der Waals surface area contributed by atoms with Gasteiger partial charge in [-0.1, -0.05) is 23.7 Å². The van der Waals surface area contributed by atoms with Gasteiger partial charge in [0.15, 0.2) is 0 Å². The van der Waals surface area contributed by atoms with Crippen LogP contribution in [0, 0.1) is 11.8 Å². The van der Waals surface area contributed by atoms with Gasteiger partial charge in [0.2, 0.25) is 5.91 Å². The Bertz CT molecular complexity index is 883. The number of nitrogens with zero attached hydrogens (tertiary/aromatic N) is 4. The van der Waals surface area contributed by atoms with Gasteiger partial charge in [0, 0.05) is 61.6 Å². The molecule has 6 heteroatoms. The summed E-state index contributed by atoms with van der Waals surface area (Å²) in [6.45, 7) is 4.57. The Morgan fingerprint density at radius 1 is 0.968 bits per heavy atom. The lowest BCUT2D eigenvalue weighted by Crippen LogP contribution is -2.46. The van der Waals surface area contributed by atoms with Crippen LogP contribution in [-0.4, -0.2) is 59.6 Å². The van der Waals surface area contributed by atoms with E-state index in [9.17, 15) is 4.79 Å². The third-order valence-electron chi connectivity index (χ3n) is 6.67. The normalized spacial score (nSPS) is 19.5. The molecule has 2 aliphatic heterocycles. The van der Waals surface area contributed by atoms with E-state index >= 15 is 0 Å². The maximum Gasteiger partial charge on any atom is 0.225 e. The number of amides is 1. The number of hydrogen-bond acceptors (Lipinski definition) is 4. The van der Waals surface area contributed by atoms with Crippen molar-refractivity contribution in [3.63, 3.8) is 0 Å². The maximum atomic E-state index is 13.1. The molecule has 2 aliphatic rings. The standard InChI is InChI=1S/C25H31ClN4O/c1-27-24(20-2-4-23(26)5-3-20)21-10-16-30(17-11-21)25(31)22-8-14-29(15-9-22)18-19-6-12-28-13-7-19/h2-7,12-13,21-22H,8-11,14-18H2,1H3/b27-24+. The largest absolute Gasteiger partial charge is 0.342 e. The summed E-state index contributed by atoms with van der Waals surface area (Å²) < 4.78 is 0. The Hall–Kier alpha value is -2.24. The minimum Gasteiger partial charge on any atom is -0.342 e. The fraction of sp³-hybridized carbons (Fsp3) is 0.480. The summed E-state index contributed by atoms with van der Waals surface area (Å²) >= 11 is 6.03. The number of pyridine rings is 1. The Kier molecular flexibility index (Phi) is 7.36. The zero-order chi connectivity index (χ0) is 21.6. The van der Waals surface area contributed by atoms with Gasteiger partial charge in [0.25, 0.3) is 0 Å². The monoisotopic (exact) mass is 438 g/mol. The first-order chi connectivity index (χ1) is 15.1. The lowest BCUT2D eigenvalue weighted by molar-refractivity contribution is -0.138. The molecule has 1 aromatic carbocycles. The molecule has 2 saturated heterocycles. The van der Waals surface area contributed by atoms with Crippen LogP contribution in [-0.2, 0) is 11.3 Å². The molecule has 31 heavy (non-hydrogen) atoms. The molecule has 3 heterocycles. The van der Waals surface area contributed by atoms with Crippen LogP contribution in [0.2, 0.25) is 5.02 Å². The first-order valence-corrected chi connectivity index (χ1v) is 11.6. The fourth-order valence-corrected chi connectivity index (χ4v) is 5.01. The van der Waals surface area contributed by atoms with Gasteiger partial charge in [-0.05, 0) is 74.2 Å². The van der Waals surface area contributed by atoms with Crippen molar-refractivity contribution >= 4 is 23.2 Å². The molecule has 0 aliphatic carbocycles. The van der Waals surface area contributed by atoms with E-state index in [1.807, 2.05) is 43.7 Å². The predicted molar refractivity (Wildman–Crippen MR) is 125 cm³/mol. The van der Waals surface area contributed by atoms with Crippen LogP contribution in [0.5, 0.6) is 0 Å². The number of aliphatic imine (C=N–C) groups is 1. The first-order valence-electron chi connectivity index (χ1n) is 11.3. The molecule has 5 nitrogen and oxygen atoms in total. The highest BCUT2D eigenvalue weighted by atomic mass is 35.5. The van der Waals surface area contributed by atoms with E-state index in [4.69, 9.17) is 11.6 Å². The Balaban J connectivity index is 1.26. The molecule has 1 amide bonds. The Labute approximate surface area is 190 Å². The van der Waals surface area contributed by atoms with E-state index in [1.54, 1.807) is 0 Å². The summed E-state index contributed by atoms with van der Waals surface area (Å²) in [5, 5.41) is 0.742. The molecular formula is C25H31ClN4O. The van der Waals surface area contributed by atoms with Crippen LogP contribution in [0.1, 0.15) is 36.8 Å². The van der Waals surface area contributed by atoms with Crippen LogP contribution in [0.3, 0.4) is 0 Å². The maximum absolute atomic E-state index is 13.1. The zero-order valence-corrected chi connectivity index (χ0v) is 19.0. The number of halogens is 1. The second-order valence-corrected chi connectivity index (χ2v) is 9.06. The summed E-state index contributed by atoms with van der Waals surface area (Å²) in [4.78, 5) is 26.3. The van der Waals surface area contributed by atoms with Crippen LogP contribution < -0.4 is 0 Å². The van der Waals surface area contributed by atoms with Gasteiger partial charge in [-0.15, -0.1) is 0 Å². The van der Waals surface area contributed by atoms with Crippen LogP contribution >= 0.6 is 11.6 Å². The summed E-state index contributed by atoms with van der Waals surface area (Å²) in [5.74, 6) is 0.918. The van der Waals surface area contributed by atoms with Crippen LogP contribution in [0.15, 0.2) is 53.8 Å². The van der Waals surface area contributed by atoms with E-state index in [0.717, 1.165) is 74.7 Å². The highest BCUT2D eigenvalue weighted by Gasteiger charge is 2.32. The summed E-state index contributed by atoms with van der Waals surface area (Å²) in [5.41, 5.74) is 3.56. The molecule has 0 bridgehead atoms. The van der Waals surface area contributed by atoms with Crippen molar-refractivity contribution in [3.05, 3.63) is 64.9 Å². The van der Waals surface area contributed by atoms with E-state index < -0.39 is 0 Å². The fourth-order valence-electron chi connectivity index (χ4n) is 4.88. The molecule has 2 aromatic rings. The number of likely N-dealkylation sites (tertiary alicyclic amines) is 2. The molecule has 0 N–H and O–H groups in total. The Morgan fingerprint density at radius 3 is 2.19 bits per heavy atom. The van der Waals surface area contributed by atoms with Gasteiger partial charge in [-0.25, -0.2) is 0 Å². The van der Waals surface area contributed by atoms with E-state index in [-0.39, 0.29) is 5.92 Å². The van der Waals surface area contributed by atoms with Gasteiger partial charge in [-0.3, -0.25) is 19.7 Å². The molecule has 0 spiro atoms. The Morgan fingerprint density at radius 2 is 1.58 bits per heavy atom. The molecule has 1 aromatic heterocycles. The second kappa shape index (κ2) is 10.4. The first kappa shape index (κ1) is 22.0. The third kappa shape index (κ3) is 5.52. The highest BCUT2D eigenvalue weighted by Crippen LogP contribution is 2.27. The number of piperidine rings is 2. The van der Waals surface area contributed by atoms with Gasteiger partial charge in [0.1, 0.15) is 0 Å². The van der Waals surface area contributed by atoms with E-state index in [0.29, 0.717) is 11.8 Å². The summed E-state index contributed by atoms with van der Waals surface area (Å²) in [6, 6.07) is 12.1. The van der Waals surface area contributed by atoms with Crippen LogP contribution in [0.4, 0.5) is 0 Å². The number of carbonyl (C=O) groups is 1. The lowest BCUT2D eigenvalue weighted by atomic mass is 9.87. The zero-order valence-electron chi connectivity index (χ0n) is 18.2. The van der Waals surface area contributed by atoms with Crippen molar-refractivity contribution in [2.45, 2.75) is 32.2 Å². The van der Waals surface area contributed by atoms with Crippen LogP contribution in [0.25, 0.3) is 0 Å². The molecule has 0 radical (unpaired) electrons. The minimum atomic E-state index is 0.167.